The van der Waals surface area contributed by atoms with E-state index in [-0.39, 0.29) is 0 Å². The van der Waals surface area contributed by atoms with E-state index in [4.69, 9.17) is 11.6 Å². The van der Waals surface area contributed by atoms with Crippen molar-refractivity contribution in [3.63, 3.8) is 0 Å². The number of aromatic amines is 1. The Morgan fingerprint density at radius 3 is 3.00 bits per heavy atom. The van der Waals surface area contributed by atoms with Crippen molar-refractivity contribution in [2.75, 3.05) is 7.11 Å². The number of carbonyl (C=O) groups excluding carboxylic acids is 1. The molecule has 0 atom stereocenters. The van der Waals surface area contributed by atoms with Gasteiger partial charge in [-0.15, -0.1) is 12.6 Å². The molecule has 0 aliphatic rings. The molecule has 2 aromatic rings. The van der Waals surface area contributed by atoms with Crippen LogP contribution in [0.2, 0.25) is 5.02 Å². The van der Waals surface area contributed by atoms with Gasteiger partial charge in [0.15, 0.2) is 5.16 Å². The van der Waals surface area contributed by atoms with Crippen LogP contribution in [0.5, 0.6) is 0 Å². The van der Waals surface area contributed by atoms with Crippen molar-refractivity contribution in [3.8, 4) is 0 Å². The number of carbonyl (C=O) groups is 1. The zero-order valence-corrected chi connectivity index (χ0v) is 9.39. The molecule has 1 N–H and O–H groups in total. The molecule has 0 saturated carbocycles. The lowest BCUT2D eigenvalue weighted by atomic mass is 10.2. The number of esters is 1. The van der Waals surface area contributed by atoms with Crippen molar-refractivity contribution in [3.05, 3.63) is 22.7 Å². The SMILES string of the molecule is COC(=O)c1cc(Cl)cc2nc(S)[nH]c12. The summed E-state index contributed by atoms with van der Waals surface area (Å²) in [5.41, 5.74) is 1.52. The molecule has 1 aromatic carbocycles. The van der Waals surface area contributed by atoms with Gasteiger partial charge in [-0.3, -0.25) is 0 Å². The Kier molecular flexibility index (Phi) is 2.58. The number of imidazole rings is 1. The highest BCUT2D eigenvalue weighted by Crippen LogP contribution is 2.23. The molecule has 0 spiro atoms. The molecule has 4 nitrogen and oxygen atoms in total. The van der Waals surface area contributed by atoms with Crippen LogP contribution in [-0.2, 0) is 4.74 Å². The van der Waals surface area contributed by atoms with Crippen LogP contribution in [-0.4, -0.2) is 23.0 Å². The fourth-order valence-electron chi connectivity index (χ4n) is 1.34. The van der Waals surface area contributed by atoms with Crippen LogP contribution < -0.4 is 0 Å². The Hall–Kier alpha value is -1.20. The summed E-state index contributed by atoms with van der Waals surface area (Å²) < 4.78 is 4.64. The molecule has 78 valence electrons. The number of H-pyrrole nitrogens is 1. The Morgan fingerprint density at radius 2 is 2.33 bits per heavy atom. The zero-order chi connectivity index (χ0) is 11.0. The molecular formula is C9H7ClN2O2S. The fraction of sp³-hybridized carbons (Fsp3) is 0.111. The molecule has 15 heavy (non-hydrogen) atoms. The summed E-state index contributed by atoms with van der Waals surface area (Å²) in [4.78, 5) is 18.4. The number of hydrogen-bond donors (Lipinski definition) is 2. The highest BCUT2D eigenvalue weighted by molar-refractivity contribution is 7.80. The second-order valence-corrected chi connectivity index (χ2v) is 3.76. The topological polar surface area (TPSA) is 55.0 Å². The maximum absolute atomic E-state index is 11.4. The van der Waals surface area contributed by atoms with Gasteiger partial charge in [0, 0.05) is 5.02 Å². The molecule has 0 aliphatic heterocycles. The third-order valence-electron chi connectivity index (χ3n) is 1.95. The van der Waals surface area contributed by atoms with Crippen molar-refractivity contribution in [1.82, 2.24) is 9.97 Å². The normalized spacial score (nSPS) is 10.6. The lowest BCUT2D eigenvalue weighted by Gasteiger charge is -2.00. The van der Waals surface area contributed by atoms with Crippen molar-refractivity contribution in [2.24, 2.45) is 0 Å². The van der Waals surface area contributed by atoms with Gasteiger partial charge in [0.05, 0.1) is 23.7 Å². The van der Waals surface area contributed by atoms with Gasteiger partial charge >= 0.3 is 5.97 Å². The van der Waals surface area contributed by atoms with Crippen molar-refractivity contribution < 1.29 is 9.53 Å². The zero-order valence-electron chi connectivity index (χ0n) is 7.74. The Balaban J connectivity index is 2.75. The van der Waals surface area contributed by atoms with Crippen LogP contribution in [0.3, 0.4) is 0 Å². The first kappa shape index (κ1) is 10.3. The number of nitrogens with zero attached hydrogens (tertiary/aromatic N) is 1. The third kappa shape index (κ3) is 1.80. The molecule has 0 saturated heterocycles. The monoisotopic (exact) mass is 242 g/mol. The van der Waals surface area contributed by atoms with Crippen molar-refractivity contribution >= 4 is 41.2 Å². The molecule has 0 fully saturated rings. The molecular weight excluding hydrogens is 236 g/mol. The van der Waals surface area contributed by atoms with Crippen molar-refractivity contribution in [1.29, 1.82) is 0 Å². The van der Waals surface area contributed by atoms with Gasteiger partial charge < -0.3 is 9.72 Å². The van der Waals surface area contributed by atoms with Gasteiger partial charge in [-0.1, -0.05) is 11.6 Å². The number of benzene rings is 1. The molecule has 0 bridgehead atoms. The lowest BCUT2D eigenvalue weighted by Crippen LogP contribution is -2.02. The van der Waals surface area contributed by atoms with Gasteiger partial charge in [0.2, 0.25) is 0 Å². The third-order valence-corrected chi connectivity index (χ3v) is 2.38. The largest absolute Gasteiger partial charge is 0.465 e. The maximum atomic E-state index is 11.4. The summed E-state index contributed by atoms with van der Waals surface area (Å²) in [6, 6.07) is 3.18. The predicted octanol–water partition coefficient (Wildman–Crippen LogP) is 2.29. The van der Waals surface area contributed by atoms with Crippen molar-refractivity contribution in [2.45, 2.75) is 5.16 Å². The van der Waals surface area contributed by atoms with Crippen LogP contribution in [0.25, 0.3) is 11.0 Å². The number of rotatable bonds is 1. The van der Waals surface area contributed by atoms with E-state index in [0.717, 1.165) is 0 Å². The number of thiol groups is 1. The number of methoxy groups -OCH3 is 1. The highest BCUT2D eigenvalue weighted by atomic mass is 35.5. The van der Waals surface area contributed by atoms with Crippen LogP contribution in [0.15, 0.2) is 17.3 Å². The minimum Gasteiger partial charge on any atom is -0.465 e. The van der Waals surface area contributed by atoms with Gasteiger partial charge in [-0.05, 0) is 12.1 Å². The molecule has 0 unspecified atom stereocenters. The van der Waals surface area contributed by atoms with E-state index in [9.17, 15) is 4.79 Å². The van der Waals surface area contributed by atoms with E-state index >= 15 is 0 Å². The summed E-state index contributed by atoms with van der Waals surface area (Å²) in [6.45, 7) is 0. The number of halogens is 1. The van der Waals surface area contributed by atoms with Crippen LogP contribution >= 0.6 is 24.2 Å². The summed E-state index contributed by atoms with van der Waals surface area (Å²) in [5, 5.41) is 0.861. The standard InChI is InChI=1S/C9H7ClN2O2S/c1-14-8(13)5-2-4(10)3-6-7(5)12-9(15)11-6/h2-3H,1H3,(H2,11,12,15). The molecule has 1 heterocycles. The number of fused-ring (bicyclic) bond motifs is 1. The van der Waals surface area contributed by atoms with E-state index in [1.165, 1.54) is 13.2 Å². The molecule has 0 aliphatic carbocycles. The van der Waals surface area contributed by atoms with E-state index in [1.807, 2.05) is 0 Å². The van der Waals surface area contributed by atoms with Gasteiger partial charge in [0.25, 0.3) is 0 Å². The smallest absolute Gasteiger partial charge is 0.340 e. The van der Waals surface area contributed by atoms with E-state index < -0.39 is 5.97 Å². The first-order valence-corrected chi connectivity index (χ1v) is 4.91. The number of hydrogen-bond acceptors (Lipinski definition) is 4. The Bertz CT molecular complexity index is 538. The number of ether oxygens (including phenoxy) is 1. The summed E-state index contributed by atoms with van der Waals surface area (Å²) in [7, 11) is 1.31. The van der Waals surface area contributed by atoms with E-state index in [2.05, 4.69) is 27.3 Å². The molecule has 6 heteroatoms. The van der Waals surface area contributed by atoms with E-state index in [1.54, 1.807) is 6.07 Å². The van der Waals surface area contributed by atoms with Gasteiger partial charge in [0.1, 0.15) is 0 Å². The molecule has 0 radical (unpaired) electrons. The average Bonchev–Trinajstić information content (AvgIpc) is 2.55. The Morgan fingerprint density at radius 1 is 1.60 bits per heavy atom. The quantitative estimate of drug-likeness (QED) is 0.596. The summed E-state index contributed by atoms with van der Waals surface area (Å²) in [5.74, 6) is -0.459. The lowest BCUT2D eigenvalue weighted by molar-refractivity contribution is 0.0603. The van der Waals surface area contributed by atoms with Gasteiger partial charge in [-0.25, -0.2) is 9.78 Å². The first-order valence-electron chi connectivity index (χ1n) is 4.08. The minimum atomic E-state index is -0.459. The second kappa shape index (κ2) is 3.75. The Labute approximate surface area is 96.0 Å². The molecule has 0 amide bonds. The number of nitrogens with one attached hydrogen (secondary N) is 1. The maximum Gasteiger partial charge on any atom is 0.340 e. The van der Waals surface area contributed by atoms with Crippen LogP contribution in [0.1, 0.15) is 10.4 Å². The van der Waals surface area contributed by atoms with Gasteiger partial charge in [-0.2, -0.15) is 0 Å². The van der Waals surface area contributed by atoms with E-state index in [0.29, 0.717) is 26.8 Å². The van der Waals surface area contributed by atoms with Crippen LogP contribution in [0, 0.1) is 0 Å². The molecule has 1 aromatic heterocycles. The predicted molar refractivity (Wildman–Crippen MR) is 59.7 cm³/mol. The number of aromatic nitrogens is 2. The second-order valence-electron chi connectivity index (χ2n) is 2.90. The summed E-state index contributed by atoms with van der Waals surface area (Å²) in [6.07, 6.45) is 0. The summed E-state index contributed by atoms with van der Waals surface area (Å²) >= 11 is 9.91. The average molecular weight is 243 g/mol. The fourth-order valence-corrected chi connectivity index (χ4v) is 1.77. The molecule has 2 rings (SSSR count). The van der Waals surface area contributed by atoms with Crippen LogP contribution in [0.4, 0.5) is 0 Å². The minimum absolute atomic E-state index is 0.354. The first-order chi connectivity index (χ1) is 7.11. The highest BCUT2D eigenvalue weighted by Gasteiger charge is 2.14.